The van der Waals surface area contributed by atoms with E-state index in [-0.39, 0.29) is 17.9 Å². The number of carbonyl (C=O) groups excluding carboxylic acids is 2. The molecule has 1 saturated carbocycles. The van der Waals surface area contributed by atoms with E-state index in [1.165, 1.54) is 11.8 Å². The molecule has 2 fully saturated rings. The van der Waals surface area contributed by atoms with Gasteiger partial charge in [0, 0.05) is 42.3 Å². The summed E-state index contributed by atoms with van der Waals surface area (Å²) in [5, 5.41) is 3.73. The quantitative estimate of drug-likeness (QED) is 0.699. The molecule has 1 aliphatic carbocycles. The van der Waals surface area contributed by atoms with Crippen molar-refractivity contribution in [3.63, 3.8) is 0 Å². The molecule has 0 atom stereocenters. The lowest BCUT2D eigenvalue weighted by atomic mass is 10.1. The molecule has 1 aromatic heterocycles. The van der Waals surface area contributed by atoms with Crippen molar-refractivity contribution < 1.29 is 14.3 Å². The Labute approximate surface area is 186 Å². The van der Waals surface area contributed by atoms with E-state index >= 15 is 0 Å². The van der Waals surface area contributed by atoms with Crippen LogP contribution in [0, 0.1) is 0 Å². The minimum absolute atomic E-state index is 0.00263. The first-order chi connectivity index (χ1) is 15.2. The average Bonchev–Trinajstić information content (AvgIpc) is 3.64. The number of ether oxygens (including phenoxy) is 1. The summed E-state index contributed by atoms with van der Waals surface area (Å²) in [6.45, 7) is 5.10. The Morgan fingerprint density at radius 3 is 2.87 bits per heavy atom. The molecular weight excluding hydrogens is 412 g/mol. The van der Waals surface area contributed by atoms with Gasteiger partial charge in [0.25, 0.3) is 11.8 Å². The molecule has 0 unspecified atom stereocenters. The molecule has 0 bridgehead atoms. The average molecular weight is 439 g/mol. The first-order valence-electron chi connectivity index (χ1n) is 10.9. The van der Waals surface area contributed by atoms with Crippen molar-refractivity contribution in [1.82, 2.24) is 15.2 Å². The molecule has 1 saturated heterocycles. The highest BCUT2D eigenvalue weighted by Crippen LogP contribution is 2.44. The lowest BCUT2D eigenvalue weighted by Gasteiger charge is -2.26. The zero-order valence-corrected chi connectivity index (χ0v) is 18.2. The summed E-state index contributed by atoms with van der Waals surface area (Å²) >= 11 is 1.46. The van der Waals surface area contributed by atoms with E-state index in [1.807, 2.05) is 29.2 Å². The molecule has 0 radical (unpaired) electrons. The van der Waals surface area contributed by atoms with Gasteiger partial charge in [0.2, 0.25) is 0 Å². The molecule has 5 rings (SSSR count). The first kappa shape index (κ1) is 20.5. The van der Waals surface area contributed by atoms with Gasteiger partial charge in [-0.2, -0.15) is 0 Å². The number of anilines is 1. The fourth-order valence-corrected chi connectivity index (χ4v) is 5.09. The summed E-state index contributed by atoms with van der Waals surface area (Å²) in [5.74, 6) is -0.0858. The number of pyridine rings is 1. The summed E-state index contributed by atoms with van der Waals surface area (Å²) in [5.41, 5.74) is 2.12. The first-order valence-corrected chi connectivity index (χ1v) is 11.7. The third-order valence-corrected chi connectivity index (χ3v) is 6.93. The Bertz CT molecular complexity index is 989. The van der Waals surface area contributed by atoms with Crippen molar-refractivity contribution in [2.24, 2.45) is 0 Å². The number of amides is 2. The number of morpholine rings is 1. The van der Waals surface area contributed by atoms with E-state index in [4.69, 9.17) is 4.74 Å². The molecule has 2 amide bonds. The second-order valence-electron chi connectivity index (χ2n) is 8.11. The molecule has 1 N–H and O–H groups in total. The molecular formula is C23H26N4O3S. The zero-order valence-electron chi connectivity index (χ0n) is 17.4. The minimum atomic E-state index is -0.0832. The van der Waals surface area contributed by atoms with Crippen molar-refractivity contribution in [2.45, 2.75) is 35.2 Å². The Morgan fingerprint density at radius 1 is 1.23 bits per heavy atom. The fourth-order valence-electron chi connectivity index (χ4n) is 4.04. The normalized spacial score (nSPS) is 18.8. The van der Waals surface area contributed by atoms with Gasteiger partial charge in [0.15, 0.2) is 0 Å². The second kappa shape index (κ2) is 8.98. The highest BCUT2D eigenvalue weighted by molar-refractivity contribution is 7.99. The molecule has 0 spiro atoms. The summed E-state index contributed by atoms with van der Waals surface area (Å²) in [4.78, 5) is 35.5. The van der Waals surface area contributed by atoms with Gasteiger partial charge in [-0.25, -0.2) is 4.98 Å². The molecule has 7 nitrogen and oxygen atoms in total. The molecule has 3 heterocycles. The number of nitrogens with zero attached hydrogens (tertiary/aromatic N) is 3. The van der Waals surface area contributed by atoms with Gasteiger partial charge < -0.3 is 15.0 Å². The van der Waals surface area contributed by atoms with Gasteiger partial charge in [-0.3, -0.25) is 14.5 Å². The van der Waals surface area contributed by atoms with Crippen molar-refractivity contribution in [3.05, 3.63) is 47.7 Å². The van der Waals surface area contributed by atoms with Crippen LogP contribution in [0.15, 0.2) is 46.5 Å². The van der Waals surface area contributed by atoms with Crippen LogP contribution in [0.5, 0.6) is 0 Å². The summed E-state index contributed by atoms with van der Waals surface area (Å²) in [6, 6.07) is 9.49. The van der Waals surface area contributed by atoms with Gasteiger partial charge in [-0.05, 0) is 56.1 Å². The Hall–Kier alpha value is -2.42. The predicted molar refractivity (Wildman–Crippen MR) is 119 cm³/mol. The third kappa shape index (κ3) is 4.46. The lowest BCUT2D eigenvalue weighted by Crippen LogP contribution is -2.38. The predicted octanol–water partition coefficient (Wildman–Crippen LogP) is 2.81. The molecule has 162 valence electrons. The fraction of sp³-hybridized carbons (Fsp3) is 0.435. The minimum Gasteiger partial charge on any atom is -0.379 e. The SMILES string of the molecule is O=C(NCCCN1CCOCC1)c1ccc2c(c1)Sc1ncccc1C(=O)N2C1CC1. The second-order valence-corrected chi connectivity index (χ2v) is 9.14. The summed E-state index contributed by atoms with van der Waals surface area (Å²) < 4.78 is 5.37. The van der Waals surface area contributed by atoms with Crippen molar-refractivity contribution >= 4 is 29.3 Å². The van der Waals surface area contributed by atoms with Crippen LogP contribution in [-0.4, -0.2) is 67.1 Å². The van der Waals surface area contributed by atoms with Gasteiger partial charge in [0.05, 0.1) is 24.5 Å². The van der Waals surface area contributed by atoms with Crippen LogP contribution in [0.4, 0.5) is 5.69 Å². The topological polar surface area (TPSA) is 74.8 Å². The summed E-state index contributed by atoms with van der Waals surface area (Å²) in [7, 11) is 0. The van der Waals surface area contributed by atoms with Crippen LogP contribution >= 0.6 is 11.8 Å². The molecule has 2 aliphatic heterocycles. The number of rotatable bonds is 6. The van der Waals surface area contributed by atoms with Crippen LogP contribution in [0.1, 0.15) is 40.0 Å². The van der Waals surface area contributed by atoms with E-state index < -0.39 is 0 Å². The molecule has 2 aromatic rings. The Morgan fingerprint density at radius 2 is 2.06 bits per heavy atom. The molecule has 8 heteroatoms. The number of fused-ring (bicyclic) bond motifs is 2. The van der Waals surface area contributed by atoms with Crippen molar-refractivity contribution in [3.8, 4) is 0 Å². The standard InChI is InChI=1S/C23H26N4O3S/c28-21(24-9-2-10-26-11-13-30-14-12-26)16-4-7-19-20(15-16)31-22-18(3-1-8-25-22)23(29)27(19)17-5-6-17/h1,3-4,7-8,15,17H,2,5-6,9-14H2,(H,24,28). The van der Waals surface area contributed by atoms with Gasteiger partial charge in [0.1, 0.15) is 5.03 Å². The van der Waals surface area contributed by atoms with Crippen molar-refractivity contribution in [1.29, 1.82) is 0 Å². The highest BCUT2D eigenvalue weighted by atomic mass is 32.2. The maximum atomic E-state index is 13.2. The Balaban J connectivity index is 1.30. The molecule has 3 aliphatic rings. The van der Waals surface area contributed by atoms with Crippen LogP contribution < -0.4 is 10.2 Å². The lowest BCUT2D eigenvalue weighted by molar-refractivity contribution is 0.0374. The summed E-state index contributed by atoms with van der Waals surface area (Å²) in [6.07, 6.45) is 4.64. The van der Waals surface area contributed by atoms with Gasteiger partial charge in [-0.1, -0.05) is 11.8 Å². The van der Waals surface area contributed by atoms with Crippen LogP contribution in [0.25, 0.3) is 0 Å². The van der Waals surface area contributed by atoms with Gasteiger partial charge >= 0.3 is 0 Å². The molecule has 1 aromatic carbocycles. The maximum Gasteiger partial charge on any atom is 0.261 e. The van der Waals surface area contributed by atoms with Gasteiger partial charge in [-0.15, -0.1) is 0 Å². The Kier molecular flexibility index (Phi) is 5.93. The van der Waals surface area contributed by atoms with E-state index in [2.05, 4.69) is 15.2 Å². The smallest absolute Gasteiger partial charge is 0.261 e. The zero-order chi connectivity index (χ0) is 21.2. The van der Waals surface area contributed by atoms with Crippen LogP contribution in [0.2, 0.25) is 0 Å². The van der Waals surface area contributed by atoms with Crippen LogP contribution in [0.3, 0.4) is 0 Å². The van der Waals surface area contributed by atoms with E-state index in [9.17, 15) is 9.59 Å². The number of hydrogen-bond donors (Lipinski definition) is 1. The molecule has 31 heavy (non-hydrogen) atoms. The monoisotopic (exact) mass is 438 g/mol. The number of nitrogens with one attached hydrogen (secondary N) is 1. The number of carbonyl (C=O) groups is 2. The highest BCUT2D eigenvalue weighted by Gasteiger charge is 2.38. The largest absolute Gasteiger partial charge is 0.379 e. The number of hydrogen-bond acceptors (Lipinski definition) is 6. The van der Waals surface area contributed by atoms with E-state index in [0.717, 1.165) is 62.7 Å². The number of aromatic nitrogens is 1. The van der Waals surface area contributed by atoms with Crippen LogP contribution in [-0.2, 0) is 4.74 Å². The number of benzene rings is 1. The van der Waals surface area contributed by atoms with E-state index in [1.54, 1.807) is 12.3 Å². The third-order valence-electron chi connectivity index (χ3n) is 5.86. The maximum absolute atomic E-state index is 13.2. The van der Waals surface area contributed by atoms with E-state index in [0.29, 0.717) is 22.7 Å². The van der Waals surface area contributed by atoms with Crippen molar-refractivity contribution in [2.75, 3.05) is 44.3 Å².